The van der Waals surface area contributed by atoms with Gasteiger partial charge in [-0.2, -0.15) is 0 Å². The Morgan fingerprint density at radius 3 is 2.45 bits per heavy atom. The number of carbonyl (C=O) groups is 2. The van der Waals surface area contributed by atoms with Gasteiger partial charge in [0.1, 0.15) is 0 Å². The van der Waals surface area contributed by atoms with Crippen LogP contribution in [0.1, 0.15) is 40.1 Å². The van der Waals surface area contributed by atoms with Crippen LogP contribution in [0.5, 0.6) is 0 Å². The fourth-order valence-electron chi connectivity index (χ4n) is 3.48. The predicted octanol–water partition coefficient (Wildman–Crippen LogP) is 4.81. The minimum Gasteiger partial charge on any atom is -0.350 e. The van der Waals surface area contributed by atoms with Crippen molar-refractivity contribution in [1.82, 2.24) is 5.32 Å². The summed E-state index contributed by atoms with van der Waals surface area (Å²) < 4.78 is 13.4. The zero-order valence-electron chi connectivity index (χ0n) is 17.1. The number of nitrogens with one attached hydrogen (secondary N) is 1. The topological polar surface area (TPSA) is 66.5 Å². The van der Waals surface area contributed by atoms with Crippen LogP contribution in [-0.4, -0.2) is 22.1 Å². The molecule has 5 nitrogen and oxygen atoms in total. The van der Waals surface area contributed by atoms with Crippen LogP contribution in [0.4, 0.5) is 5.69 Å². The monoisotopic (exact) mass is 452 g/mol. The van der Waals surface area contributed by atoms with Crippen LogP contribution in [0, 0.1) is 0 Å². The first-order valence-corrected chi connectivity index (χ1v) is 11.4. The molecule has 3 aromatic rings. The second-order valence-electron chi connectivity index (χ2n) is 7.59. The number of hydrogen-bond acceptors (Lipinski definition) is 3. The summed E-state index contributed by atoms with van der Waals surface area (Å²) in [4.78, 5) is 28.7. The average molecular weight is 453 g/mol. The van der Waals surface area contributed by atoms with Gasteiger partial charge in [0.2, 0.25) is 0 Å². The van der Waals surface area contributed by atoms with Gasteiger partial charge >= 0.3 is 0 Å². The zero-order valence-corrected chi connectivity index (χ0v) is 18.7. The molecule has 1 atom stereocenters. The van der Waals surface area contributed by atoms with E-state index in [1.165, 1.54) is 0 Å². The number of fused-ring (bicyclic) bond motifs is 2. The second kappa shape index (κ2) is 8.65. The van der Waals surface area contributed by atoms with Crippen LogP contribution in [0.15, 0.2) is 76.5 Å². The molecule has 0 saturated carbocycles. The summed E-state index contributed by atoms with van der Waals surface area (Å²) in [6.45, 7) is 4.01. The average Bonchev–Trinajstić information content (AvgIpc) is 2.84. The maximum atomic E-state index is 13.5. The molecule has 0 bridgehead atoms. The summed E-state index contributed by atoms with van der Waals surface area (Å²) in [5.41, 5.74) is 2.13. The lowest BCUT2D eigenvalue weighted by molar-refractivity contribution is 0.0940. The Hall–Kier alpha value is -2.96. The lowest BCUT2D eigenvalue weighted by Gasteiger charge is -2.24. The molecule has 1 aliphatic rings. The summed E-state index contributed by atoms with van der Waals surface area (Å²) in [6.07, 6.45) is 0. The van der Waals surface area contributed by atoms with Crippen LogP contribution in [0.25, 0.3) is 0 Å². The first kappa shape index (κ1) is 21.3. The van der Waals surface area contributed by atoms with Crippen LogP contribution < -0.4 is 10.2 Å². The summed E-state index contributed by atoms with van der Waals surface area (Å²) in [6, 6.07) is 19.1. The van der Waals surface area contributed by atoms with Crippen molar-refractivity contribution in [3.63, 3.8) is 0 Å². The van der Waals surface area contributed by atoms with E-state index in [0.717, 1.165) is 5.56 Å². The van der Waals surface area contributed by atoms with Crippen LogP contribution in [0.3, 0.4) is 0 Å². The van der Waals surface area contributed by atoms with E-state index in [4.69, 9.17) is 11.6 Å². The van der Waals surface area contributed by atoms with Gasteiger partial charge in [-0.3, -0.25) is 9.59 Å². The van der Waals surface area contributed by atoms with E-state index in [1.807, 2.05) is 26.0 Å². The molecule has 0 aromatic heterocycles. The third-order valence-corrected chi connectivity index (χ3v) is 6.70. The Morgan fingerprint density at radius 2 is 1.74 bits per heavy atom. The van der Waals surface area contributed by atoms with E-state index in [9.17, 15) is 13.8 Å². The molecule has 1 heterocycles. The molecule has 2 amide bonds. The minimum absolute atomic E-state index is 0.0310. The molecule has 3 aromatic carbocycles. The van der Waals surface area contributed by atoms with Gasteiger partial charge in [-0.1, -0.05) is 35.9 Å². The maximum Gasteiger partial charge on any atom is 0.259 e. The molecule has 0 aliphatic carbocycles. The van der Waals surface area contributed by atoms with Gasteiger partial charge in [0.25, 0.3) is 11.8 Å². The van der Waals surface area contributed by atoms with Gasteiger partial charge < -0.3 is 10.2 Å². The third kappa shape index (κ3) is 4.27. The van der Waals surface area contributed by atoms with Crippen LogP contribution in [0.2, 0.25) is 5.02 Å². The fraction of sp³-hybridized carbons (Fsp3) is 0.167. The van der Waals surface area contributed by atoms with E-state index in [1.54, 1.807) is 59.5 Å². The first-order chi connectivity index (χ1) is 14.8. The van der Waals surface area contributed by atoms with Crippen molar-refractivity contribution < 1.29 is 13.8 Å². The van der Waals surface area contributed by atoms with Crippen LogP contribution >= 0.6 is 11.6 Å². The predicted molar refractivity (Wildman–Crippen MR) is 122 cm³/mol. The van der Waals surface area contributed by atoms with Crippen molar-refractivity contribution in [3.8, 4) is 0 Å². The normalized spacial score (nSPS) is 15.3. The van der Waals surface area contributed by atoms with Crippen molar-refractivity contribution in [2.75, 3.05) is 4.90 Å². The molecule has 4 rings (SSSR count). The van der Waals surface area contributed by atoms with E-state index in [0.29, 0.717) is 31.6 Å². The minimum atomic E-state index is -1.56. The lowest BCUT2D eigenvalue weighted by Crippen LogP contribution is -2.32. The van der Waals surface area contributed by atoms with Gasteiger partial charge in [0.05, 0.1) is 38.4 Å². The van der Waals surface area contributed by atoms with Gasteiger partial charge in [-0.15, -0.1) is 0 Å². The number of hydrogen-bond donors (Lipinski definition) is 1. The maximum absolute atomic E-state index is 13.5. The Bertz CT molecular complexity index is 1190. The van der Waals surface area contributed by atoms with E-state index in [-0.39, 0.29) is 24.4 Å². The number of benzene rings is 3. The highest BCUT2D eigenvalue weighted by atomic mass is 35.5. The molecular formula is C24H21ClN2O3S. The van der Waals surface area contributed by atoms with Crippen LogP contribution in [-0.2, 0) is 17.3 Å². The van der Waals surface area contributed by atoms with Crippen molar-refractivity contribution in [2.45, 2.75) is 36.2 Å². The number of amides is 2. The van der Waals surface area contributed by atoms with Crippen molar-refractivity contribution in [1.29, 1.82) is 0 Å². The molecule has 1 unspecified atom stereocenters. The number of nitrogens with zero attached hydrogens (tertiary/aromatic N) is 1. The van der Waals surface area contributed by atoms with Crippen molar-refractivity contribution in [3.05, 3.63) is 88.4 Å². The highest BCUT2D eigenvalue weighted by Crippen LogP contribution is 2.36. The SMILES string of the molecule is CC(C)NC(=O)c1ccc2c(c1)N(Cc1ccc(Cl)cc1)C(=O)c1ccccc1S2=O. The summed E-state index contributed by atoms with van der Waals surface area (Å²) in [7, 11) is -1.56. The molecule has 0 saturated heterocycles. The van der Waals surface area contributed by atoms with Gasteiger partial charge in [0.15, 0.2) is 0 Å². The molecule has 0 radical (unpaired) electrons. The number of halogens is 1. The first-order valence-electron chi connectivity index (χ1n) is 9.87. The Balaban J connectivity index is 1.86. The molecule has 1 N–H and O–H groups in total. The number of carbonyl (C=O) groups excluding carboxylic acids is 2. The highest BCUT2D eigenvalue weighted by molar-refractivity contribution is 7.85. The second-order valence-corrected chi connectivity index (χ2v) is 9.45. The molecule has 7 heteroatoms. The number of anilines is 1. The van der Waals surface area contributed by atoms with Gasteiger partial charge in [-0.05, 0) is 61.9 Å². The smallest absolute Gasteiger partial charge is 0.259 e. The highest BCUT2D eigenvalue weighted by Gasteiger charge is 2.31. The van der Waals surface area contributed by atoms with E-state index < -0.39 is 10.8 Å². The van der Waals surface area contributed by atoms with E-state index >= 15 is 0 Å². The Morgan fingerprint density at radius 1 is 1.03 bits per heavy atom. The van der Waals surface area contributed by atoms with Gasteiger partial charge in [-0.25, -0.2) is 4.21 Å². The molecule has 1 aliphatic heterocycles. The number of rotatable bonds is 4. The molecule has 31 heavy (non-hydrogen) atoms. The Kier molecular flexibility index (Phi) is 5.94. The summed E-state index contributed by atoms with van der Waals surface area (Å²) in [5, 5.41) is 3.46. The third-order valence-electron chi connectivity index (χ3n) is 4.95. The lowest BCUT2D eigenvalue weighted by atomic mass is 10.1. The largest absolute Gasteiger partial charge is 0.350 e. The van der Waals surface area contributed by atoms with Crippen molar-refractivity contribution >= 4 is 39.9 Å². The summed E-state index contributed by atoms with van der Waals surface area (Å²) in [5.74, 6) is -0.511. The van der Waals surface area contributed by atoms with Crippen molar-refractivity contribution in [2.24, 2.45) is 0 Å². The molecule has 158 valence electrons. The molecule has 0 spiro atoms. The van der Waals surface area contributed by atoms with E-state index in [2.05, 4.69) is 5.32 Å². The molecule has 0 fully saturated rings. The fourth-order valence-corrected chi connectivity index (χ4v) is 4.95. The summed E-state index contributed by atoms with van der Waals surface area (Å²) >= 11 is 6.01. The zero-order chi connectivity index (χ0) is 22.1. The standard InChI is InChI=1S/C24H21ClN2O3S/c1-15(2)26-23(28)17-9-12-22-20(13-17)27(14-16-7-10-18(25)11-8-16)24(29)19-5-3-4-6-21(19)31(22)30/h3-13,15H,14H2,1-2H3,(H,26,28). The van der Waals surface area contributed by atoms with Gasteiger partial charge in [0, 0.05) is 16.6 Å². The quantitative estimate of drug-likeness (QED) is 0.618. The molecular weight excluding hydrogens is 432 g/mol. The Labute approximate surface area is 188 Å².